The van der Waals surface area contributed by atoms with Crippen LogP contribution in [0.5, 0.6) is 0 Å². The Labute approximate surface area is 189 Å². The number of anilines is 2. The van der Waals surface area contributed by atoms with Crippen LogP contribution >= 0.6 is 0 Å². The number of carbonyl (C=O) groups excluding carboxylic acids is 3. The van der Waals surface area contributed by atoms with Crippen LogP contribution in [0.2, 0.25) is 0 Å². The van der Waals surface area contributed by atoms with Crippen molar-refractivity contribution < 1.29 is 27.2 Å². The third kappa shape index (κ3) is 4.38. The van der Waals surface area contributed by atoms with E-state index in [-0.39, 0.29) is 47.0 Å². The van der Waals surface area contributed by atoms with Gasteiger partial charge in [-0.1, -0.05) is 5.10 Å². The number of carbonyl (C=O) groups is 3. The first-order valence-electron chi connectivity index (χ1n) is 9.80. The van der Waals surface area contributed by atoms with Gasteiger partial charge in [-0.15, -0.1) is 5.10 Å². The number of nitrogens with one attached hydrogen (secondary N) is 1. The minimum Gasteiger partial charge on any atom is -0.403 e. The summed E-state index contributed by atoms with van der Waals surface area (Å²) in [6.07, 6.45) is 0.351. The van der Waals surface area contributed by atoms with Crippen LogP contribution in [0.15, 0.2) is 57.8 Å². The molecule has 2 heterocycles. The maximum Gasteiger partial charge on any atom is 0.322 e. The van der Waals surface area contributed by atoms with Gasteiger partial charge in [-0.3, -0.25) is 24.6 Å². The number of nitrogens with zero attached hydrogens (tertiary/aromatic N) is 4. The summed E-state index contributed by atoms with van der Waals surface area (Å²) < 4.78 is 30.9. The molecule has 0 spiro atoms. The predicted octanol–water partition coefficient (Wildman–Crippen LogP) is 1.89. The van der Waals surface area contributed by atoms with Crippen molar-refractivity contribution >= 4 is 39.4 Å². The summed E-state index contributed by atoms with van der Waals surface area (Å²) in [5.74, 6) is -0.977. The monoisotopic (exact) mass is 469 g/mol. The second kappa shape index (κ2) is 8.56. The molecule has 0 aliphatic carbocycles. The van der Waals surface area contributed by atoms with Crippen LogP contribution < -0.4 is 10.2 Å². The summed E-state index contributed by atoms with van der Waals surface area (Å²) in [6.45, 7) is 0. The average Bonchev–Trinajstić information content (AvgIpc) is 3.40. The fourth-order valence-corrected chi connectivity index (χ4v) is 4.07. The Hall–Kier alpha value is -3.90. The van der Waals surface area contributed by atoms with Gasteiger partial charge in [-0.2, -0.15) is 0 Å². The normalized spacial score (nSPS) is 14.2. The predicted molar refractivity (Wildman–Crippen MR) is 117 cm³/mol. The molecule has 3 amide bonds. The SMILES string of the molecule is CN(C)S(=O)(=O)c1ccc(-c2nnc(NC(=O)c3ccc(N4C(=O)CCC4=O)cc3)o2)cc1. The van der Waals surface area contributed by atoms with Gasteiger partial charge in [0, 0.05) is 38.1 Å². The van der Waals surface area contributed by atoms with E-state index >= 15 is 0 Å². The van der Waals surface area contributed by atoms with Gasteiger partial charge in [0.15, 0.2) is 0 Å². The third-order valence-corrected chi connectivity index (χ3v) is 6.79. The van der Waals surface area contributed by atoms with Crippen LogP contribution in [0.4, 0.5) is 11.7 Å². The molecular formula is C21H19N5O6S. The molecule has 0 radical (unpaired) electrons. The first-order valence-corrected chi connectivity index (χ1v) is 11.2. The molecule has 1 saturated heterocycles. The van der Waals surface area contributed by atoms with E-state index in [0.717, 1.165) is 9.21 Å². The van der Waals surface area contributed by atoms with Crippen LogP contribution in [-0.2, 0) is 19.6 Å². The summed E-state index contributed by atoms with van der Waals surface area (Å²) in [5.41, 5.74) is 1.14. The molecule has 0 atom stereocenters. The standard InChI is InChI=1S/C21H19N5O6S/c1-25(2)33(30,31)16-9-5-14(6-10-16)20-23-24-21(32-20)22-19(29)13-3-7-15(8-4-13)26-17(27)11-12-18(26)28/h3-10H,11-12H2,1-2H3,(H,22,24,29). The Morgan fingerprint density at radius 3 is 2.15 bits per heavy atom. The Kier molecular flexibility index (Phi) is 5.78. The van der Waals surface area contributed by atoms with Crippen molar-refractivity contribution in [3.63, 3.8) is 0 Å². The molecule has 0 saturated carbocycles. The van der Waals surface area contributed by atoms with Gasteiger partial charge < -0.3 is 4.42 Å². The first kappa shape index (κ1) is 22.3. The summed E-state index contributed by atoms with van der Waals surface area (Å²) >= 11 is 0. The molecule has 4 rings (SSSR count). The zero-order valence-electron chi connectivity index (χ0n) is 17.7. The molecule has 1 aromatic heterocycles. The van der Waals surface area contributed by atoms with Crippen LogP contribution in [0.3, 0.4) is 0 Å². The van der Waals surface area contributed by atoms with Crippen molar-refractivity contribution in [3.05, 3.63) is 54.1 Å². The summed E-state index contributed by atoms with van der Waals surface area (Å²) in [5, 5.41) is 10.1. The Bertz CT molecular complexity index is 1310. The Morgan fingerprint density at radius 1 is 0.970 bits per heavy atom. The van der Waals surface area contributed by atoms with E-state index < -0.39 is 15.9 Å². The van der Waals surface area contributed by atoms with Crippen molar-refractivity contribution in [2.75, 3.05) is 24.3 Å². The summed E-state index contributed by atoms with van der Waals surface area (Å²) in [7, 11) is -0.683. The van der Waals surface area contributed by atoms with E-state index in [0.29, 0.717) is 11.3 Å². The number of benzene rings is 2. The number of aromatic nitrogens is 2. The molecule has 33 heavy (non-hydrogen) atoms. The van der Waals surface area contributed by atoms with Crippen LogP contribution in [0.25, 0.3) is 11.5 Å². The van der Waals surface area contributed by atoms with Crippen molar-refractivity contribution in [1.29, 1.82) is 0 Å². The lowest BCUT2D eigenvalue weighted by molar-refractivity contribution is -0.121. The third-order valence-electron chi connectivity index (χ3n) is 4.96. The molecule has 0 unspecified atom stereocenters. The number of amides is 3. The van der Waals surface area contributed by atoms with Crippen molar-refractivity contribution in [2.45, 2.75) is 17.7 Å². The van der Waals surface area contributed by atoms with Crippen LogP contribution in [-0.4, -0.2) is 54.7 Å². The minimum atomic E-state index is -3.56. The molecular weight excluding hydrogens is 450 g/mol. The minimum absolute atomic E-state index is 0.0977. The Morgan fingerprint density at radius 2 is 1.58 bits per heavy atom. The molecule has 1 N–H and O–H groups in total. The highest BCUT2D eigenvalue weighted by Gasteiger charge is 2.30. The van der Waals surface area contributed by atoms with E-state index in [1.807, 2.05) is 0 Å². The van der Waals surface area contributed by atoms with Crippen LogP contribution in [0, 0.1) is 0 Å². The number of sulfonamides is 1. The van der Waals surface area contributed by atoms with Gasteiger partial charge >= 0.3 is 6.01 Å². The van der Waals surface area contributed by atoms with E-state index in [2.05, 4.69) is 15.5 Å². The molecule has 1 aliphatic heterocycles. The lowest BCUT2D eigenvalue weighted by atomic mass is 10.2. The number of hydrogen-bond acceptors (Lipinski definition) is 8. The fourth-order valence-electron chi connectivity index (χ4n) is 3.17. The van der Waals surface area contributed by atoms with Crippen molar-refractivity contribution in [2.24, 2.45) is 0 Å². The second-order valence-electron chi connectivity index (χ2n) is 7.35. The molecule has 3 aromatic rings. The van der Waals surface area contributed by atoms with Gasteiger partial charge in [-0.25, -0.2) is 12.7 Å². The molecule has 1 fully saturated rings. The highest BCUT2D eigenvalue weighted by Crippen LogP contribution is 2.24. The summed E-state index contributed by atoms with van der Waals surface area (Å²) in [4.78, 5) is 37.4. The molecule has 11 nitrogen and oxygen atoms in total. The number of hydrogen-bond donors (Lipinski definition) is 1. The smallest absolute Gasteiger partial charge is 0.322 e. The van der Waals surface area contributed by atoms with Crippen molar-refractivity contribution in [1.82, 2.24) is 14.5 Å². The van der Waals surface area contributed by atoms with Gasteiger partial charge in [0.05, 0.1) is 10.6 Å². The molecule has 2 aromatic carbocycles. The van der Waals surface area contributed by atoms with Gasteiger partial charge in [-0.05, 0) is 48.5 Å². The van der Waals surface area contributed by atoms with Crippen molar-refractivity contribution in [3.8, 4) is 11.5 Å². The highest BCUT2D eigenvalue weighted by molar-refractivity contribution is 7.89. The maximum absolute atomic E-state index is 12.5. The lowest BCUT2D eigenvalue weighted by Crippen LogP contribution is -2.28. The van der Waals surface area contributed by atoms with Gasteiger partial charge in [0.25, 0.3) is 5.91 Å². The van der Waals surface area contributed by atoms with E-state index in [1.54, 1.807) is 0 Å². The average molecular weight is 469 g/mol. The van der Waals surface area contributed by atoms with E-state index in [4.69, 9.17) is 4.42 Å². The molecule has 0 bridgehead atoms. The van der Waals surface area contributed by atoms with Gasteiger partial charge in [0.2, 0.25) is 27.7 Å². The fraction of sp³-hybridized carbons (Fsp3) is 0.190. The lowest BCUT2D eigenvalue weighted by Gasteiger charge is -2.13. The number of rotatable bonds is 6. The van der Waals surface area contributed by atoms with E-state index in [1.165, 1.54) is 62.6 Å². The van der Waals surface area contributed by atoms with Crippen LogP contribution in [0.1, 0.15) is 23.2 Å². The van der Waals surface area contributed by atoms with E-state index in [9.17, 15) is 22.8 Å². The zero-order valence-corrected chi connectivity index (χ0v) is 18.5. The highest BCUT2D eigenvalue weighted by atomic mass is 32.2. The summed E-state index contributed by atoms with van der Waals surface area (Å²) in [6, 6.07) is 11.7. The molecule has 170 valence electrons. The molecule has 12 heteroatoms. The zero-order chi connectivity index (χ0) is 23.8. The maximum atomic E-state index is 12.5. The topological polar surface area (TPSA) is 143 Å². The number of imide groups is 1. The molecule has 1 aliphatic rings. The Balaban J connectivity index is 1.45. The quantitative estimate of drug-likeness (QED) is 0.539. The largest absolute Gasteiger partial charge is 0.403 e. The second-order valence-corrected chi connectivity index (χ2v) is 9.50. The van der Waals surface area contributed by atoms with Gasteiger partial charge in [0.1, 0.15) is 0 Å². The first-order chi connectivity index (χ1) is 15.7.